The van der Waals surface area contributed by atoms with E-state index in [1.165, 1.54) is 0 Å². The summed E-state index contributed by atoms with van der Waals surface area (Å²) in [5, 5.41) is 3.23. The summed E-state index contributed by atoms with van der Waals surface area (Å²) in [6.07, 6.45) is 5.18. The number of amides is 1. The largest absolute Gasteiger partial charge is 0.454 e. The van der Waals surface area contributed by atoms with Crippen molar-refractivity contribution in [2.75, 3.05) is 6.79 Å². The zero-order chi connectivity index (χ0) is 27.2. The predicted octanol–water partition coefficient (Wildman–Crippen LogP) is 6.45. The number of ether oxygens (including phenoxy) is 3. The van der Waals surface area contributed by atoms with Gasteiger partial charge in [-0.15, -0.1) is 0 Å². The van der Waals surface area contributed by atoms with Crippen molar-refractivity contribution in [1.29, 1.82) is 0 Å². The van der Waals surface area contributed by atoms with Gasteiger partial charge in [0.05, 0.1) is 17.1 Å². The van der Waals surface area contributed by atoms with Crippen molar-refractivity contribution >= 4 is 6.09 Å². The van der Waals surface area contributed by atoms with E-state index in [-0.39, 0.29) is 30.4 Å². The number of carbonyl (C=O) groups excluding carboxylic acids is 1. The van der Waals surface area contributed by atoms with Crippen molar-refractivity contribution in [3.8, 4) is 34.1 Å². The molecule has 1 amide bonds. The number of nitrogens with zero attached hydrogens (tertiary/aromatic N) is 2. The van der Waals surface area contributed by atoms with Crippen molar-refractivity contribution < 1.29 is 19.0 Å². The first kappa shape index (κ1) is 24.7. The first-order valence-corrected chi connectivity index (χ1v) is 13.9. The summed E-state index contributed by atoms with van der Waals surface area (Å²) in [6, 6.07) is 21.8. The minimum Gasteiger partial charge on any atom is -0.454 e. The molecule has 0 atom stereocenters. The maximum atomic E-state index is 12.7. The first-order valence-electron chi connectivity index (χ1n) is 13.9. The molecule has 4 aromatic rings. The molecule has 204 valence electrons. The molecule has 8 nitrogen and oxygen atoms in total. The van der Waals surface area contributed by atoms with Crippen LogP contribution in [-0.2, 0) is 16.8 Å². The van der Waals surface area contributed by atoms with Crippen LogP contribution in [0.2, 0.25) is 0 Å². The second-order valence-corrected chi connectivity index (χ2v) is 11.3. The number of nitrogens with one attached hydrogen (secondary N) is 2. The van der Waals surface area contributed by atoms with Gasteiger partial charge in [-0.05, 0) is 81.3 Å². The first-order chi connectivity index (χ1) is 19.5. The number of pyridine rings is 1. The molecule has 0 saturated heterocycles. The number of aromatic nitrogens is 3. The highest BCUT2D eigenvalue weighted by molar-refractivity contribution is 5.78. The number of alkyl carbamates (subject to hydrolysis) is 1. The van der Waals surface area contributed by atoms with Gasteiger partial charge in [-0.25, -0.2) is 9.78 Å². The number of aryl methyl sites for hydroxylation is 1. The van der Waals surface area contributed by atoms with E-state index < -0.39 is 0 Å². The van der Waals surface area contributed by atoms with Crippen LogP contribution in [0.15, 0.2) is 66.7 Å². The summed E-state index contributed by atoms with van der Waals surface area (Å²) < 4.78 is 16.7. The van der Waals surface area contributed by atoms with Crippen LogP contribution in [0.4, 0.5) is 4.79 Å². The highest BCUT2D eigenvalue weighted by Gasteiger charge is 2.52. The van der Waals surface area contributed by atoms with Crippen LogP contribution in [0.1, 0.15) is 55.6 Å². The molecule has 0 radical (unpaired) electrons. The van der Waals surface area contributed by atoms with Crippen LogP contribution in [0.3, 0.4) is 0 Å². The molecule has 1 aliphatic heterocycles. The normalized spacial score (nSPS) is 22.7. The second kappa shape index (κ2) is 9.70. The lowest BCUT2D eigenvalue weighted by atomic mass is 9.57. The van der Waals surface area contributed by atoms with Crippen LogP contribution in [0.25, 0.3) is 22.6 Å². The fraction of sp³-hybridized carbons (Fsp3) is 0.344. The molecular weight excluding hydrogens is 504 g/mol. The number of hydrogen-bond acceptors (Lipinski definition) is 6. The monoisotopic (exact) mass is 536 g/mol. The molecule has 0 spiro atoms. The third-order valence-corrected chi connectivity index (χ3v) is 8.82. The zero-order valence-corrected chi connectivity index (χ0v) is 22.5. The Hall–Kier alpha value is -4.33. The number of hydrogen-bond donors (Lipinski definition) is 2. The van der Waals surface area contributed by atoms with Gasteiger partial charge in [-0.2, -0.15) is 0 Å². The van der Waals surface area contributed by atoms with Crippen LogP contribution in [0.5, 0.6) is 11.5 Å². The number of carbonyl (C=O) groups is 1. The van der Waals surface area contributed by atoms with Crippen LogP contribution >= 0.6 is 0 Å². The molecule has 40 heavy (non-hydrogen) atoms. The van der Waals surface area contributed by atoms with Gasteiger partial charge in [-0.1, -0.05) is 36.4 Å². The Morgan fingerprint density at radius 2 is 1.70 bits per heavy atom. The standard InChI is InChI=1S/C32H32N4O4/c1-21-6-5-9-24(33-21)28-27(23-10-11-25-26(18-23)40-20-39-25)34-29(35-28)31-12-15-32(16-13-31,17-14-31)36-30(37)38-19-22-7-3-2-4-8-22/h2-11,18H,12-17,19-20H2,1H3,(H,34,35)(H,36,37). The smallest absolute Gasteiger partial charge is 0.407 e. The van der Waals surface area contributed by atoms with E-state index >= 15 is 0 Å². The summed E-state index contributed by atoms with van der Waals surface area (Å²) >= 11 is 0. The maximum Gasteiger partial charge on any atom is 0.407 e. The van der Waals surface area contributed by atoms with Gasteiger partial charge < -0.3 is 24.5 Å². The Balaban J connectivity index is 1.13. The molecule has 2 N–H and O–H groups in total. The number of imidazole rings is 1. The Morgan fingerprint density at radius 1 is 0.925 bits per heavy atom. The topological polar surface area (TPSA) is 98.4 Å². The molecule has 8 heteroatoms. The fourth-order valence-electron chi connectivity index (χ4n) is 6.45. The van der Waals surface area contributed by atoms with E-state index in [1.54, 1.807) is 0 Å². The van der Waals surface area contributed by atoms with Gasteiger partial charge in [0.25, 0.3) is 0 Å². The minimum atomic E-state index is -0.339. The molecule has 3 aliphatic carbocycles. The molecule has 2 bridgehead atoms. The van der Waals surface area contributed by atoms with Crippen LogP contribution in [-0.4, -0.2) is 33.4 Å². The van der Waals surface area contributed by atoms with Crippen LogP contribution in [0, 0.1) is 6.92 Å². The van der Waals surface area contributed by atoms with Crippen LogP contribution < -0.4 is 14.8 Å². The second-order valence-electron chi connectivity index (χ2n) is 11.3. The average molecular weight is 537 g/mol. The molecule has 3 heterocycles. The zero-order valence-electron chi connectivity index (χ0n) is 22.5. The Kier molecular flexibility index (Phi) is 5.99. The summed E-state index contributed by atoms with van der Waals surface area (Å²) in [6.45, 7) is 2.51. The van der Waals surface area contributed by atoms with E-state index in [0.29, 0.717) is 0 Å². The van der Waals surface area contributed by atoms with Crippen molar-refractivity contribution in [3.63, 3.8) is 0 Å². The number of H-pyrrole nitrogens is 1. The summed E-state index contributed by atoms with van der Waals surface area (Å²) in [4.78, 5) is 26.5. The van der Waals surface area contributed by atoms with Gasteiger partial charge in [0.1, 0.15) is 12.4 Å². The number of benzene rings is 2. The Labute approximate surface area is 233 Å². The van der Waals surface area contributed by atoms with E-state index in [1.807, 2.05) is 73.7 Å². The van der Waals surface area contributed by atoms with E-state index in [4.69, 9.17) is 24.2 Å². The third kappa shape index (κ3) is 4.47. The van der Waals surface area contributed by atoms with Crippen molar-refractivity contribution in [1.82, 2.24) is 20.3 Å². The molecule has 8 rings (SSSR count). The average Bonchev–Trinajstić information content (AvgIpc) is 3.65. The van der Waals surface area contributed by atoms with Gasteiger partial charge in [-0.3, -0.25) is 4.98 Å². The van der Waals surface area contributed by atoms with E-state index in [0.717, 1.165) is 89.8 Å². The molecule has 0 unspecified atom stereocenters. The predicted molar refractivity (Wildman–Crippen MR) is 150 cm³/mol. The van der Waals surface area contributed by atoms with Gasteiger partial charge in [0.2, 0.25) is 6.79 Å². The summed E-state index contributed by atoms with van der Waals surface area (Å²) in [5.74, 6) is 2.48. The minimum absolute atomic E-state index is 0.0649. The molecular formula is C32H32N4O4. The molecule has 3 fully saturated rings. The highest BCUT2D eigenvalue weighted by atomic mass is 16.7. The van der Waals surface area contributed by atoms with Gasteiger partial charge >= 0.3 is 6.09 Å². The van der Waals surface area contributed by atoms with Gasteiger partial charge in [0.15, 0.2) is 11.5 Å². The Morgan fingerprint density at radius 3 is 2.48 bits per heavy atom. The lowest BCUT2D eigenvalue weighted by Crippen LogP contribution is -2.58. The van der Waals surface area contributed by atoms with Crippen molar-refractivity contribution in [3.05, 3.63) is 83.8 Å². The summed E-state index contributed by atoms with van der Waals surface area (Å²) in [7, 11) is 0. The third-order valence-electron chi connectivity index (χ3n) is 8.82. The van der Waals surface area contributed by atoms with E-state index in [2.05, 4.69) is 10.3 Å². The highest BCUT2D eigenvalue weighted by Crippen LogP contribution is 2.53. The maximum absolute atomic E-state index is 12.7. The molecule has 3 saturated carbocycles. The SMILES string of the molecule is Cc1cccc(-c2[nH]c(C34CCC(NC(=O)OCc5ccccc5)(CC3)CC4)nc2-c2ccc3c(c2)OCO3)n1. The quantitative estimate of drug-likeness (QED) is 0.294. The van der Waals surface area contributed by atoms with E-state index in [9.17, 15) is 4.79 Å². The fourth-order valence-corrected chi connectivity index (χ4v) is 6.45. The number of fused-ring (bicyclic) bond motifs is 4. The van der Waals surface area contributed by atoms with Gasteiger partial charge in [0, 0.05) is 22.2 Å². The number of aromatic amines is 1. The lowest BCUT2D eigenvalue weighted by Gasteiger charge is -2.52. The lowest BCUT2D eigenvalue weighted by molar-refractivity contribution is 0.0598. The van der Waals surface area contributed by atoms with Crippen molar-refractivity contribution in [2.24, 2.45) is 0 Å². The number of rotatable bonds is 6. The molecule has 2 aromatic heterocycles. The van der Waals surface area contributed by atoms with Crippen molar-refractivity contribution in [2.45, 2.75) is 63.0 Å². The molecule has 2 aromatic carbocycles. The molecule has 4 aliphatic rings. The summed E-state index contributed by atoms with van der Waals surface area (Å²) in [5.41, 5.74) is 5.26. The Bertz CT molecular complexity index is 1540.